The van der Waals surface area contributed by atoms with Crippen molar-refractivity contribution in [2.24, 2.45) is 0 Å². The van der Waals surface area contributed by atoms with Gasteiger partial charge in [-0.05, 0) is 29.1 Å². The van der Waals surface area contributed by atoms with Crippen molar-refractivity contribution in [2.45, 2.75) is 12.5 Å². The van der Waals surface area contributed by atoms with Crippen LogP contribution in [0.2, 0.25) is 0 Å². The molecule has 150 valence electrons. The van der Waals surface area contributed by atoms with Gasteiger partial charge in [0.05, 0.1) is 26.2 Å². The third kappa shape index (κ3) is 5.67. The number of carbonyl (C=O) groups is 1. The van der Waals surface area contributed by atoms with Crippen LogP contribution in [0.3, 0.4) is 0 Å². The largest absolute Gasteiger partial charge is 0.497 e. The molecule has 1 atom stereocenters. The van der Waals surface area contributed by atoms with Gasteiger partial charge in [0.1, 0.15) is 5.75 Å². The molecule has 3 rings (SSSR count). The standard InChI is InChI=1S/C22H28N2O3S/c1-3-13-27-21(18-6-4-7-19(15-18)26-2)17-23-9-11-24(12-10-23)22(25)16-20-8-5-14-28-20/h3-8,14-15,21H,1,9-13,16-17H2,2H3. The van der Waals surface area contributed by atoms with Crippen LogP contribution in [0.1, 0.15) is 16.5 Å². The fourth-order valence-corrected chi connectivity index (χ4v) is 4.06. The Morgan fingerprint density at radius 1 is 1.25 bits per heavy atom. The lowest BCUT2D eigenvalue weighted by Crippen LogP contribution is -2.50. The Morgan fingerprint density at radius 3 is 2.75 bits per heavy atom. The number of methoxy groups -OCH3 is 1. The molecule has 1 aromatic carbocycles. The molecule has 0 aliphatic carbocycles. The van der Waals surface area contributed by atoms with Gasteiger partial charge in [0.15, 0.2) is 0 Å². The van der Waals surface area contributed by atoms with Crippen LogP contribution in [0.4, 0.5) is 0 Å². The van der Waals surface area contributed by atoms with E-state index in [0.29, 0.717) is 13.0 Å². The molecule has 1 aromatic heterocycles. The summed E-state index contributed by atoms with van der Waals surface area (Å²) in [5.74, 6) is 1.04. The van der Waals surface area contributed by atoms with E-state index in [-0.39, 0.29) is 12.0 Å². The van der Waals surface area contributed by atoms with E-state index in [1.165, 1.54) is 0 Å². The third-order valence-electron chi connectivity index (χ3n) is 4.94. The first-order chi connectivity index (χ1) is 13.7. The predicted molar refractivity (Wildman–Crippen MR) is 113 cm³/mol. The molecule has 5 nitrogen and oxygen atoms in total. The number of carbonyl (C=O) groups excluding carboxylic acids is 1. The molecule has 1 unspecified atom stereocenters. The first-order valence-corrected chi connectivity index (χ1v) is 10.5. The fraction of sp³-hybridized carbons (Fsp3) is 0.409. The van der Waals surface area contributed by atoms with Crippen LogP contribution in [0.25, 0.3) is 0 Å². The first-order valence-electron chi connectivity index (χ1n) is 9.58. The summed E-state index contributed by atoms with van der Waals surface area (Å²) < 4.78 is 11.4. The van der Waals surface area contributed by atoms with Gasteiger partial charge in [-0.25, -0.2) is 0 Å². The van der Waals surface area contributed by atoms with E-state index in [0.717, 1.165) is 48.9 Å². The maximum absolute atomic E-state index is 12.5. The number of piperazine rings is 1. The van der Waals surface area contributed by atoms with Crippen LogP contribution in [0, 0.1) is 0 Å². The van der Waals surface area contributed by atoms with Crippen LogP contribution >= 0.6 is 11.3 Å². The molecule has 1 saturated heterocycles. The number of hydrogen-bond acceptors (Lipinski definition) is 5. The van der Waals surface area contributed by atoms with E-state index in [1.54, 1.807) is 24.5 Å². The van der Waals surface area contributed by atoms with Crippen molar-refractivity contribution in [3.05, 3.63) is 64.9 Å². The molecule has 1 aliphatic rings. The number of thiophene rings is 1. The summed E-state index contributed by atoms with van der Waals surface area (Å²) in [6, 6.07) is 12.0. The molecule has 1 amide bonds. The molecule has 0 radical (unpaired) electrons. The summed E-state index contributed by atoms with van der Waals surface area (Å²) >= 11 is 1.64. The molecule has 1 fully saturated rings. The molecule has 2 aromatic rings. The first kappa shape index (κ1) is 20.6. The van der Waals surface area contributed by atoms with E-state index in [9.17, 15) is 4.79 Å². The number of hydrogen-bond donors (Lipinski definition) is 0. The zero-order chi connectivity index (χ0) is 19.8. The second-order valence-electron chi connectivity index (χ2n) is 6.82. The summed E-state index contributed by atoms with van der Waals surface area (Å²) in [5.41, 5.74) is 1.09. The zero-order valence-electron chi connectivity index (χ0n) is 16.4. The summed E-state index contributed by atoms with van der Waals surface area (Å²) in [5, 5.41) is 2.02. The minimum Gasteiger partial charge on any atom is -0.497 e. The number of amides is 1. The van der Waals surface area contributed by atoms with E-state index in [2.05, 4.69) is 17.5 Å². The highest BCUT2D eigenvalue weighted by Gasteiger charge is 2.24. The monoisotopic (exact) mass is 400 g/mol. The number of benzene rings is 1. The molecule has 0 spiro atoms. The van der Waals surface area contributed by atoms with Crippen molar-refractivity contribution in [3.63, 3.8) is 0 Å². The van der Waals surface area contributed by atoms with Gasteiger partial charge in [-0.2, -0.15) is 0 Å². The smallest absolute Gasteiger partial charge is 0.227 e. The molecule has 0 bridgehead atoms. The van der Waals surface area contributed by atoms with Gasteiger partial charge < -0.3 is 14.4 Å². The predicted octanol–water partition coefficient (Wildman–Crippen LogP) is 3.39. The van der Waals surface area contributed by atoms with E-state index >= 15 is 0 Å². The maximum Gasteiger partial charge on any atom is 0.227 e. The topological polar surface area (TPSA) is 42.0 Å². The Labute approximate surface area is 171 Å². The van der Waals surface area contributed by atoms with Crippen molar-refractivity contribution >= 4 is 17.2 Å². The Balaban J connectivity index is 1.55. The van der Waals surface area contributed by atoms with Crippen molar-refractivity contribution in [2.75, 3.05) is 46.4 Å². The summed E-state index contributed by atoms with van der Waals surface area (Å²) in [6.45, 7) is 8.28. The molecular weight excluding hydrogens is 372 g/mol. The van der Waals surface area contributed by atoms with Crippen molar-refractivity contribution in [3.8, 4) is 5.75 Å². The highest BCUT2D eigenvalue weighted by Crippen LogP contribution is 2.24. The summed E-state index contributed by atoms with van der Waals surface area (Å²) in [7, 11) is 1.67. The number of ether oxygens (including phenoxy) is 2. The Bertz CT molecular complexity index is 755. The van der Waals surface area contributed by atoms with Crippen LogP contribution in [-0.4, -0.2) is 62.1 Å². The van der Waals surface area contributed by atoms with Crippen molar-refractivity contribution in [1.29, 1.82) is 0 Å². The number of nitrogens with zero attached hydrogens (tertiary/aromatic N) is 2. The Kier molecular flexibility index (Phi) is 7.65. The molecule has 6 heteroatoms. The highest BCUT2D eigenvalue weighted by atomic mass is 32.1. The quantitative estimate of drug-likeness (QED) is 0.605. The normalized spacial score (nSPS) is 16.0. The average Bonchev–Trinajstić information content (AvgIpc) is 3.24. The highest BCUT2D eigenvalue weighted by molar-refractivity contribution is 7.10. The molecule has 1 aliphatic heterocycles. The van der Waals surface area contributed by atoms with E-state index in [1.807, 2.05) is 40.6 Å². The summed E-state index contributed by atoms with van der Waals surface area (Å²) in [6.07, 6.45) is 2.22. The van der Waals surface area contributed by atoms with Crippen molar-refractivity contribution in [1.82, 2.24) is 9.80 Å². The Morgan fingerprint density at radius 2 is 2.07 bits per heavy atom. The van der Waals surface area contributed by atoms with Crippen molar-refractivity contribution < 1.29 is 14.3 Å². The molecule has 0 N–H and O–H groups in total. The van der Waals surface area contributed by atoms with Gasteiger partial charge in [0, 0.05) is 37.6 Å². The van der Waals surface area contributed by atoms with Crippen LogP contribution < -0.4 is 4.74 Å². The zero-order valence-corrected chi connectivity index (χ0v) is 17.2. The maximum atomic E-state index is 12.5. The molecule has 2 heterocycles. The molecule has 28 heavy (non-hydrogen) atoms. The second kappa shape index (κ2) is 10.4. The molecule has 0 saturated carbocycles. The van der Waals surface area contributed by atoms with E-state index < -0.39 is 0 Å². The minimum absolute atomic E-state index is 0.0542. The van der Waals surface area contributed by atoms with Gasteiger partial charge in [-0.1, -0.05) is 24.3 Å². The van der Waals surface area contributed by atoms with Gasteiger partial charge >= 0.3 is 0 Å². The third-order valence-corrected chi connectivity index (χ3v) is 5.81. The SMILES string of the molecule is C=CCOC(CN1CCN(C(=O)Cc2cccs2)CC1)c1cccc(OC)c1. The Hall–Kier alpha value is -2.15. The fourth-order valence-electron chi connectivity index (χ4n) is 3.37. The minimum atomic E-state index is -0.0542. The summed E-state index contributed by atoms with van der Waals surface area (Å²) in [4.78, 5) is 18.0. The van der Waals surface area contributed by atoms with Gasteiger partial charge in [-0.15, -0.1) is 17.9 Å². The average molecular weight is 401 g/mol. The lowest BCUT2D eigenvalue weighted by molar-refractivity contribution is -0.132. The van der Waals surface area contributed by atoms with Gasteiger partial charge in [-0.3, -0.25) is 9.69 Å². The lowest BCUT2D eigenvalue weighted by atomic mass is 10.1. The molecular formula is C22H28N2O3S. The van der Waals surface area contributed by atoms with Gasteiger partial charge in [0.25, 0.3) is 0 Å². The second-order valence-corrected chi connectivity index (χ2v) is 7.86. The lowest BCUT2D eigenvalue weighted by Gasteiger charge is -2.36. The van der Waals surface area contributed by atoms with E-state index in [4.69, 9.17) is 9.47 Å². The van der Waals surface area contributed by atoms with Crippen LogP contribution in [-0.2, 0) is 16.0 Å². The van der Waals surface area contributed by atoms with Crippen LogP contribution in [0.5, 0.6) is 5.75 Å². The number of rotatable bonds is 9. The van der Waals surface area contributed by atoms with Crippen LogP contribution in [0.15, 0.2) is 54.4 Å². The van der Waals surface area contributed by atoms with Gasteiger partial charge in [0.2, 0.25) is 5.91 Å².